The molecular formula is C36H60. The van der Waals surface area contributed by atoms with Crippen LogP contribution in [0.1, 0.15) is 135 Å². The molecule has 0 bridgehead atoms. The maximum Gasteiger partial charge on any atom is -0.0263 e. The van der Waals surface area contributed by atoms with Gasteiger partial charge in [-0.2, -0.15) is 0 Å². The smallest absolute Gasteiger partial charge is 0.0263 e. The van der Waals surface area contributed by atoms with Gasteiger partial charge in [0.25, 0.3) is 0 Å². The lowest BCUT2D eigenvalue weighted by Crippen LogP contribution is -1.77. The molecule has 0 saturated carbocycles. The summed E-state index contributed by atoms with van der Waals surface area (Å²) in [6.07, 6.45) is 26.0. The molecule has 0 spiro atoms. The van der Waals surface area contributed by atoms with Crippen molar-refractivity contribution < 1.29 is 0 Å². The first-order chi connectivity index (χ1) is 17.7. The molecule has 0 radical (unpaired) electrons. The normalized spacial score (nSPS) is 9.44. The molecule has 0 atom stereocenters. The number of hydrogen-bond acceptors (Lipinski definition) is 0. The van der Waals surface area contributed by atoms with Gasteiger partial charge in [0, 0.05) is 0 Å². The molecule has 0 heterocycles. The summed E-state index contributed by atoms with van der Waals surface area (Å²) in [6.45, 7) is 16.3. The lowest BCUT2D eigenvalue weighted by atomic mass is 10.1. The summed E-state index contributed by atoms with van der Waals surface area (Å²) in [4.78, 5) is 0. The average molecular weight is 493 g/mol. The molecule has 36 heavy (non-hydrogen) atoms. The Morgan fingerprint density at radius 2 is 0.889 bits per heavy atom. The molecule has 204 valence electrons. The van der Waals surface area contributed by atoms with E-state index in [4.69, 9.17) is 0 Å². The van der Waals surface area contributed by atoms with Crippen LogP contribution in [0.15, 0.2) is 79.9 Å². The van der Waals surface area contributed by atoms with Crippen LogP contribution in [0.25, 0.3) is 6.08 Å². The Hall–Kier alpha value is -2.08. The second-order valence-electron chi connectivity index (χ2n) is 9.42. The van der Waals surface area contributed by atoms with Crippen LogP contribution >= 0.6 is 0 Å². The summed E-state index contributed by atoms with van der Waals surface area (Å²) in [5.41, 5.74) is 2.58. The van der Waals surface area contributed by atoms with Crippen LogP contribution in [0, 0.1) is 0 Å². The van der Waals surface area contributed by atoms with Crippen molar-refractivity contribution in [1.29, 1.82) is 0 Å². The zero-order chi connectivity index (χ0) is 27.0. The van der Waals surface area contributed by atoms with Crippen molar-refractivity contribution in [3.8, 4) is 0 Å². The Kier molecular flexibility index (Phi) is 33.0. The molecule has 0 fully saturated rings. The van der Waals surface area contributed by atoms with Crippen molar-refractivity contribution in [2.45, 2.75) is 130 Å². The summed E-state index contributed by atoms with van der Waals surface area (Å²) >= 11 is 0. The quantitative estimate of drug-likeness (QED) is 0.161. The number of unbranched alkanes of at least 4 members (excludes halogenated alkanes) is 13. The molecule has 0 nitrogen and oxygen atoms in total. The average Bonchev–Trinajstić information content (AvgIpc) is 2.94. The molecule has 0 amide bonds. The highest BCUT2D eigenvalue weighted by molar-refractivity contribution is 5.45. The van der Waals surface area contributed by atoms with Crippen molar-refractivity contribution >= 4 is 6.08 Å². The molecule has 0 unspecified atom stereocenters. The van der Waals surface area contributed by atoms with E-state index in [0.717, 1.165) is 6.42 Å². The van der Waals surface area contributed by atoms with E-state index in [1.165, 1.54) is 107 Å². The van der Waals surface area contributed by atoms with Crippen molar-refractivity contribution in [3.05, 3.63) is 91.0 Å². The Bertz CT molecular complexity index is 632. The fraction of sp³-hybridized carbons (Fsp3) is 0.556. The third-order valence-corrected chi connectivity index (χ3v) is 6.01. The van der Waals surface area contributed by atoms with Crippen LogP contribution in [-0.4, -0.2) is 0 Å². The van der Waals surface area contributed by atoms with Crippen LogP contribution < -0.4 is 0 Å². The highest BCUT2D eigenvalue weighted by atomic mass is 13.9. The highest BCUT2D eigenvalue weighted by Crippen LogP contribution is 2.08. The van der Waals surface area contributed by atoms with Gasteiger partial charge in [-0.15, -0.1) is 6.58 Å². The largest absolute Gasteiger partial charge is 0.103 e. The van der Waals surface area contributed by atoms with Crippen molar-refractivity contribution in [2.24, 2.45) is 0 Å². The SMILES string of the molecule is C=CCCCCCCCC.C=Cc1ccccc1.CCCCCCCCCC.CCc1ccccc1. The fourth-order valence-electron chi connectivity index (χ4n) is 3.58. The molecule has 0 aliphatic heterocycles. The summed E-state index contributed by atoms with van der Waals surface area (Å²) in [5.74, 6) is 0. The number of hydrogen-bond donors (Lipinski definition) is 0. The molecule has 2 aromatic carbocycles. The van der Waals surface area contributed by atoms with Crippen LogP contribution in [0.5, 0.6) is 0 Å². The van der Waals surface area contributed by atoms with Crippen LogP contribution in [0.4, 0.5) is 0 Å². The van der Waals surface area contributed by atoms with E-state index in [0.29, 0.717) is 0 Å². The molecule has 2 rings (SSSR count). The molecule has 0 aliphatic rings. The molecule has 0 heteroatoms. The molecule has 0 aliphatic carbocycles. The lowest BCUT2D eigenvalue weighted by Gasteiger charge is -1.97. The molecule has 0 saturated heterocycles. The Morgan fingerprint density at radius 3 is 1.19 bits per heavy atom. The topological polar surface area (TPSA) is 0 Å². The summed E-state index contributed by atoms with van der Waals surface area (Å²) in [7, 11) is 0. The second-order valence-corrected chi connectivity index (χ2v) is 9.42. The lowest BCUT2D eigenvalue weighted by molar-refractivity contribution is 0.585. The Labute approximate surface area is 227 Å². The van der Waals surface area contributed by atoms with E-state index in [1.807, 2.05) is 48.6 Å². The van der Waals surface area contributed by atoms with Gasteiger partial charge in [0.2, 0.25) is 0 Å². The number of aryl methyl sites for hydroxylation is 1. The molecular weight excluding hydrogens is 432 g/mol. The first-order valence-electron chi connectivity index (χ1n) is 15.0. The Balaban J connectivity index is 0. The van der Waals surface area contributed by atoms with Gasteiger partial charge in [0.1, 0.15) is 0 Å². The molecule has 2 aromatic rings. The number of allylic oxidation sites excluding steroid dienone is 1. The minimum Gasteiger partial charge on any atom is -0.103 e. The predicted molar refractivity (Wildman–Crippen MR) is 169 cm³/mol. The zero-order valence-electron chi connectivity index (χ0n) is 24.7. The first-order valence-corrected chi connectivity index (χ1v) is 15.0. The van der Waals surface area contributed by atoms with Gasteiger partial charge in [0.15, 0.2) is 0 Å². The summed E-state index contributed by atoms with van der Waals surface area (Å²) in [5, 5.41) is 0. The van der Waals surface area contributed by atoms with E-state index in [2.05, 4.69) is 65.1 Å². The molecule has 0 aromatic heterocycles. The minimum absolute atomic E-state index is 1.14. The maximum absolute atomic E-state index is 3.69. The van der Waals surface area contributed by atoms with Crippen molar-refractivity contribution in [3.63, 3.8) is 0 Å². The van der Waals surface area contributed by atoms with E-state index in [9.17, 15) is 0 Å². The summed E-state index contributed by atoms with van der Waals surface area (Å²) < 4.78 is 0. The summed E-state index contributed by atoms with van der Waals surface area (Å²) in [6, 6.07) is 20.5. The van der Waals surface area contributed by atoms with E-state index in [-0.39, 0.29) is 0 Å². The third-order valence-electron chi connectivity index (χ3n) is 6.01. The van der Waals surface area contributed by atoms with Crippen LogP contribution in [0.3, 0.4) is 0 Å². The Morgan fingerprint density at radius 1 is 0.500 bits per heavy atom. The fourth-order valence-corrected chi connectivity index (χ4v) is 3.58. The first kappa shape index (κ1) is 36.1. The zero-order valence-corrected chi connectivity index (χ0v) is 24.7. The van der Waals surface area contributed by atoms with Gasteiger partial charge >= 0.3 is 0 Å². The minimum atomic E-state index is 1.14. The van der Waals surface area contributed by atoms with Crippen molar-refractivity contribution in [2.75, 3.05) is 0 Å². The van der Waals surface area contributed by atoms with E-state index in [1.54, 1.807) is 0 Å². The number of rotatable bonds is 16. The van der Waals surface area contributed by atoms with Gasteiger partial charge < -0.3 is 0 Å². The monoisotopic (exact) mass is 492 g/mol. The standard InChI is InChI=1S/C10H22.C10H20.C8H10.C8H8/c2*1-3-5-7-9-10-8-6-4-2;2*1-2-8-6-4-3-5-7-8/h3-10H2,1-2H3;3H,1,4-10H2,2H3;3-7H,2H2,1H3;2-7H,1H2. The van der Waals surface area contributed by atoms with Gasteiger partial charge in [-0.25, -0.2) is 0 Å². The van der Waals surface area contributed by atoms with Crippen molar-refractivity contribution in [1.82, 2.24) is 0 Å². The highest BCUT2D eigenvalue weighted by Gasteiger charge is 1.88. The van der Waals surface area contributed by atoms with Gasteiger partial charge in [-0.05, 0) is 30.4 Å². The number of benzene rings is 2. The van der Waals surface area contributed by atoms with E-state index >= 15 is 0 Å². The van der Waals surface area contributed by atoms with Gasteiger partial charge in [-0.3, -0.25) is 0 Å². The van der Waals surface area contributed by atoms with E-state index < -0.39 is 0 Å². The van der Waals surface area contributed by atoms with Crippen LogP contribution in [-0.2, 0) is 6.42 Å². The van der Waals surface area contributed by atoms with Crippen LogP contribution in [0.2, 0.25) is 0 Å². The third kappa shape index (κ3) is 30.0. The molecule has 0 N–H and O–H groups in total. The predicted octanol–water partition coefficient (Wildman–Crippen LogP) is 12.6. The maximum atomic E-state index is 3.69. The second kappa shape index (κ2) is 32.9. The van der Waals surface area contributed by atoms with Gasteiger partial charge in [-0.1, -0.05) is 191 Å². The van der Waals surface area contributed by atoms with Gasteiger partial charge in [0.05, 0.1) is 0 Å².